The molecule has 1 rings (SSSR count). The van der Waals surface area contributed by atoms with Crippen LogP contribution in [0.2, 0.25) is 0 Å². The second kappa shape index (κ2) is 4.38. The number of aliphatic carboxylic acids is 1. The van der Waals surface area contributed by atoms with Crippen LogP contribution in [0.25, 0.3) is 0 Å². The maximum absolute atomic E-state index is 12.5. The molecule has 84 valence electrons. The Morgan fingerprint density at radius 1 is 1.14 bits per heavy atom. The van der Waals surface area contributed by atoms with Gasteiger partial charge in [-0.3, -0.25) is 4.79 Å². The summed E-state index contributed by atoms with van der Waals surface area (Å²) in [5, 5.41) is 8.60. The maximum Gasteiger partial charge on any atom is 0.404 e. The topological polar surface area (TPSA) is 37.3 Å². The molecule has 1 fully saturated rings. The number of carboxylic acids is 1. The highest BCUT2D eigenvalue weighted by molar-refractivity contribution is 5.85. The van der Waals surface area contributed by atoms with E-state index in [-0.39, 0.29) is 25.2 Å². The Bertz CT molecular complexity index is 209. The molecule has 2 nitrogen and oxygen atoms in total. The Kier molecular flexibility index (Phi) is 4.24. The fourth-order valence-electron chi connectivity index (χ4n) is 1.77. The quantitative estimate of drug-likeness (QED) is 0.755. The van der Waals surface area contributed by atoms with E-state index >= 15 is 0 Å². The molecule has 0 bridgehead atoms. The van der Waals surface area contributed by atoms with Crippen LogP contribution in [0.5, 0.6) is 0 Å². The number of halogens is 4. The zero-order chi connectivity index (χ0) is 10.1. The number of carbonyl (C=O) groups is 1. The monoisotopic (exact) mass is 232 g/mol. The Balaban J connectivity index is 0.00000169. The predicted molar refractivity (Wildman–Crippen MR) is 46.5 cm³/mol. The van der Waals surface area contributed by atoms with Crippen molar-refractivity contribution < 1.29 is 23.1 Å². The molecular weight excluding hydrogens is 221 g/mol. The summed E-state index contributed by atoms with van der Waals surface area (Å²) in [6.45, 7) is 0. The summed E-state index contributed by atoms with van der Waals surface area (Å²) < 4.78 is 37.4. The number of rotatable bonds is 1. The van der Waals surface area contributed by atoms with Crippen LogP contribution in [0.15, 0.2) is 0 Å². The second-order valence-electron chi connectivity index (χ2n) is 3.45. The fraction of sp³-hybridized carbons (Fsp3) is 0.875. The van der Waals surface area contributed by atoms with Crippen LogP contribution in [-0.2, 0) is 4.79 Å². The largest absolute Gasteiger partial charge is 0.481 e. The third kappa shape index (κ3) is 2.13. The van der Waals surface area contributed by atoms with Crippen LogP contribution < -0.4 is 0 Å². The molecule has 1 saturated carbocycles. The van der Waals surface area contributed by atoms with Crippen LogP contribution in [0, 0.1) is 5.41 Å². The highest BCUT2D eigenvalue weighted by atomic mass is 35.5. The summed E-state index contributed by atoms with van der Waals surface area (Å²) in [6.07, 6.45) is -3.75. The van der Waals surface area contributed by atoms with E-state index in [1.165, 1.54) is 0 Å². The van der Waals surface area contributed by atoms with Crippen molar-refractivity contribution in [3.63, 3.8) is 0 Å². The van der Waals surface area contributed by atoms with Crippen molar-refractivity contribution in [1.29, 1.82) is 0 Å². The van der Waals surface area contributed by atoms with Crippen molar-refractivity contribution in [2.24, 2.45) is 5.41 Å². The fourth-order valence-corrected chi connectivity index (χ4v) is 1.77. The van der Waals surface area contributed by atoms with Gasteiger partial charge in [-0.2, -0.15) is 13.2 Å². The lowest BCUT2D eigenvalue weighted by molar-refractivity contribution is -0.239. The molecule has 0 radical (unpaired) electrons. The minimum atomic E-state index is -4.61. The summed E-state index contributed by atoms with van der Waals surface area (Å²) in [5.41, 5.74) is -2.47. The van der Waals surface area contributed by atoms with Crippen LogP contribution in [0.4, 0.5) is 13.2 Å². The van der Waals surface area contributed by atoms with Gasteiger partial charge < -0.3 is 5.11 Å². The van der Waals surface area contributed by atoms with E-state index in [0.717, 1.165) is 0 Å². The minimum absolute atomic E-state index is 0. The van der Waals surface area contributed by atoms with Gasteiger partial charge in [-0.05, 0) is 12.8 Å². The van der Waals surface area contributed by atoms with Crippen molar-refractivity contribution in [1.82, 2.24) is 0 Å². The third-order valence-electron chi connectivity index (χ3n) is 2.66. The zero-order valence-corrected chi connectivity index (χ0v) is 8.25. The molecule has 0 amide bonds. The van der Waals surface area contributed by atoms with Gasteiger partial charge in [0.2, 0.25) is 0 Å². The molecule has 1 aliphatic carbocycles. The molecule has 0 spiro atoms. The molecule has 0 unspecified atom stereocenters. The summed E-state index contributed by atoms with van der Waals surface area (Å²) >= 11 is 0. The smallest absolute Gasteiger partial charge is 0.404 e. The maximum atomic E-state index is 12.5. The molecule has 6 heteroatoms. The first-order valence-electron chi connectivity index (χ1n) is 4.20. The van der Waals surface area contributed by atoms with E-state index < -0.39 is 17.6 Å². The molecule has 0 heterocycles. The Morgan fingerprint density at radius 3 is 1.79 bits per heavy atom. The third-order valence-corrected chi connectivity index (χ3v) is 2.66. The lowest BCUT2D eigenvalue weighted by Crippen LogP contribution is -2.46. The van der Waals surface area contributed by atoms with Gasteiger partial charge in [-0.15, -0.1) is 12.4 Å². The van der Waals surface area contributed by atoms with Crippen LogP contribution in [0.3, 0.4) is 0 Å². The van der Waals surface area contributed by atoms with E-state index in [1.54, 1.807) is 0 Å². The average Bonchev–Trinajstić information content (AvgIpc) is 2.03. The van der Waals surface area contributed by atoms with Gasteiger partial charge in [0.1, 0.15) is 0 Å². The molecule has 14 heavy (non-hydrogen) atoms. The molecule has 0 saturated heterocycles. The standard InChI is InChI=1S/C8H11F3O2.ClH/c9-8(10,11)7(6(12)13)4-2-1-3-5-7;/h1-5H2,(H,12,13);1H. The molecule has 0 aliphatic heterocycles. The molecule has 1 N–H and O–H groups in total. The first-order chi connectivity index (χ1) is 5.90. The summed E-state index contributed by atoms with van der Waals surface area (Å²) in [7, 11) is 0. The molecular formula is C8H12ClF3O2. The van der Waals surface area contributed by atoms with Crippen LogP contribution in [0.1, 0.15) is 32.1 Å². The van der Waals surface area contributed by atoms with Crippen LogP contribution in [-0.4, -0.2) is 17.3 Å². The Hall–Kier alpha value is -0.450. The van der Waals surface area contributed by atoms with Gasteiger partial charge in [-0.1, -0.05) is 19.3 Å². The van der Waals surface area contributed by atoms with Gasteiger partial charge >= 0.3 is 12.1 Å². The van der Waals surface area contributed by atoms with E-state index in [4.69, 9.17) is 5.11 Å². The highest BCUT2D eigenvalue weighted by Crippen LogP contribution is 2.48. The normalized spacial score (nSPS) is 21.1. The van der Waals surface area contributed by atoms with Gasteiger partial charge in [0.25, 0.3) is 0 Å². The van der Waals surface area contributed by atoms with Crippen molar-refractivity contribution in [3.8, 4) is 0 Å². The van der Waals surface area contributed by atoms with Crippen molar-refractivity contribution in [2.45, 2.75) is 38.3 Å². The first-order valence-corrected chi connectivity index (χ1v) is 4.20. The van der Waals surface area contributed by atoms with E-state index in [0.29, 0.717) is 19.3 Å². The van der Waals surface area contributed by atoms with E-state index in [9.17, 15) is 18.0 Å². The molecule has 0 aromatic rings. The zero-order valence-electron chi connectivity index (χ0n) is 7.43. The van der Waals surface area contributed by atoms with Crippen LogP contribution >= 0.6 is 12.4 Å². The Morgan fingerprint density at radius 2 is 1.57 bits per heavy atom. The number of hydrogen-bond donors (Lipinski definition) is 1. The van der Waals surface area contributed by atoms with Gasteiger partial charge in [0.05, 0.1) is 0 Å². The minimum Gasteiger partial charge on any atom is -0.481 e. The average molecular weight is 233 g/mol. The Labute approximate surface area is 85.9 Å². The predicted octanol–water partition coefficient (Wildman–Crippen LogP) is 3.01. The number of carboxylic acid groups (broad SMARTS) is 1. The summed E-state index contributed by atoms with van der Waals surface area (Å²) in [4.78, 5) is 10.6. The van der Waals surface area contributed by atoms with Crippen molar-refractivity contribution in [3.05, 3.63) is 0 Å². The lowest BCUT2D eigenvalue weighted by Gasteiger charge is -2.34. The van der Waals surface area contributed by atoms with E-state index in [1.807, 2.05) is 0 Å². The highest BCUT2D eigenvalue weighted by Gasteiger charge is 2.60. The second-order valence-corrected chi connectivity index (χ2v) is 3.45. The summed E-state index contributed by atoms with van der Waals surface area (Å²) in [6, 6.07) is 0. The SMILES string of the molecule is Cl.O=C(O)C1(C(F)(F)F)CCCCC1. The van der Waals surface area contributed by atoms with Crippen molar-refractivity contribution >= 4 is 18.4 Å². The number of hydrogen-bond acceptors (Lipinski definition) is 1. The van der Waals surface area contributed by atoms with Gasteiger partial charge in [0, 0.05) is 0 Å². The molecule has 1 aliphatic rings. The van der Waals surface area contributed by atoms with Crippen molar-refractivity contribution in [2.75, 3.05) is 0 Å². The lowest BCUT2D eigenvalue weighted by atomic mass is 9.73. The van der Waals surface area contributed by atoms with Gasteiger partial charge in [0.15, 0.2) is 5.41 Å². The van der Waals surface area contributed by atoms with Gasteiger partial charge in [-0.25, -0.2) is 0 Å². The van der Waals surface area contributed by atoms with E-state index in [2.05, 4.69) is 0 Å². The first kappa shape index (κ1) is 13.5. The molecule has 0 aromatic heterocycles. The number of alkyl halides is 3. The molecule has 0 aromatic carbocycles. The summed E-state index contributed by atoms with van der Waals surface area (Å²) in [5.74, 6) is -1.72. The molecule has 0 atom stereocenters.